The van der Waals surface area contributed by atoms with Crippen molar-refractivity contribution in [2.45, 2.75) is 132 Å². The minimum absolute atomic E-state index is 0.0202. The molecule has 0 amide bonds. The molecule has 6 nitrogen and oxygen atoms in total. The maximum atomic E-state index is 14.8. The second-order valence-electron chi connectivity index (χ2n) is 20.1. The minimum Gasteiger partial charge on any atom is -0.460 e. The molecule has 0 aliphatic heterocycles. The number of carbonyl (C=O) groups excluding carboxylic acids is 3. The number of carbonyl (C=O) groups is 3. The molecule has 6 rings (SSSR count). The van der Waals surface area contributed by atoms with Crippen molar-refractivity contribution in [3.05, 3.63) is 59.2 Å². The van der Waals surface area contributed by atoms with Gasteiger partial charge in [-0.25, -0.2) is 4.79 Å². The first-order valence-corrected chi connectivity index (χ1v) is 23.3. The highest BCUT2D eigenvalue weighted by Crippen LogP contribution is 2.75. The fourth-order valence-electron chi connectivity index (χ4n) is 11.8. The molecule has 8 atom stereocenters. The third kappa shape index (κ3) is 6.44. The Labute approximate surface area is 308 Å². The number of rotatable bonds is 9. The van der Waals surface area contributed by atoms with Crippen LogP contribution in [0, 0.1) is 50.2 Å². The summed E-state index contributed by atoms with van der Waals surface area (Å²) in [5.74, 6) is 0.00340. The van der Waals surface area contributed by atoms with Gasteiger partial charge in [-0.05, 0) is 115 Å². The van der Waals surface area contributed by atoms with E-state index < -0.39 is 18.9 Å². The third-order valence-corrected chi connectivity index (χ3v) is 17.1. The van der Waals surface area contributed by atoms with Crippen molar-refractivity contribution in [3.63, 3.8) is 0 Å². The molecule has 3 fully saturated rings. The smallest absolute Gasteiger partial charge is 0.336 e. The summed E-state index contributed by atoms with van der Waals surface area (Å²) >= 11 is 0. The van der Waals surface area contributed by atoms with Crippen LogP contribution in [0.25, 0.3) is 0 Å². The largest absolute Gasteiger partial charge is 0.460 e. The molecule has 0 heterocycles. The zero-order valence-electron chi connectivity index (χ0n) is 33.2. The van der Waals surface area contributed by atoms with Crippen LogP contribution in [-0.2, 0) is 35.2 Å². The van der Waals surface area contributed by atoms with E-state index in [1.807, 2.05) is 30.3 Å². The summed E-state index contributed by atoms with van der Waals surface area (Å²) in [5.41, 5.74) is 1.35. The summed E-state index contributed by atoms with van der Waals surface area (Å²) in [6, 6.07) is 10.9. The molecule has 0 bridgehead atoms. The molecule has 0 unspecified atom stereocenters. The standard InChI is InChI=1S/C44H64O6Si/c1-39(2)31(37(46)50-29-48-24-25-51(8,9)10)16-18-42(5)35(39)17-19-44(7)36(42)34(45)26-32-33-27-41(4,21-20-40(33,3)22-23-43(32,44)6)38(47)49-28-30-14-12-11-13-15-30/h11-16,26,33,35-36H,17-25,27-29H2,1-10H3/t33-,35-,36+,40+,41-,42-,43+,44+/m0/s1. The zero-order valence-corrected chi connectivity index (χ0v) is 34.2. The van der Waals surface area contributed by atoms with Gasteiger partial charge in [0.15, 0.2) is 12.6 Å². The van der Waals surface area contributed by atoms with Gasteiger partial charge in [0.05, 0.1) is 5.41 Å². The van der Waals surface area contributed by atoms with Crippen LogP contribution in [0.3, 0.4) is 0 Å². The van der Waals surface area contributed by atoms with E-state index in [1.54, 1.807) is 0 Å². The van der Waals surface area contributed by atoms with Gasteiger partial charge in [-0.1, -0.05) is 103 Å². The molecule has 0 aromatic heterocycles. The molecule has 0 N–H and O–H groups in total. The van der Waals surface area contributed by atoms with Crippen molar-refractivity contribution in [1.29, 1.82) is 0 Å². The Morgan fingerprint density at radius 2 is 1.57 bits per heavy atom. The van der Waals surface area contributed by atoms with Gasteiger partial charge in [0.25, 0.3) is 0 Å². The maximum absolute atomic E-state index is 14.8. The summed E-state index contributed by atoms with van der Waals surface area (Å²) in [4.78, 5) is 42.1. The van der Waals surface area contributed by atoms with Gasteiger partial charge in [-0.15, -0.1) is 0 Å². The summed E-state index contributed by atoms with van der Waals surface area (Å²) in [7, 11) is -1.22. The Kier molecular flexibility index (Phi) is 9.82. The predicted octanol–water partition coefficient (Wildman–Crippen LogP) is 10.1. The average Bonchev–Trinajstić information content (AvgIpc) is 3.04. The highest BCUT2D eigenvalue weighted by molar-refractivity contribution is 6.76. The quantitative estimate of drug-likeness (QED) is 0.110. The first kappa shape index (κ1) is 38.2. The molecule has 1 aromatic rings. The van der Waals surface area contributed by atoms with Crippen molar-refractivity contribution in [3.8, 4) is 0 Å². The number of hydrogen-bond acceptors (Lipinski definition) is 6. The highest BCUT2D eigenvalue weighted by atomic mass is 28.3. The lowest BCUT2D eigenvalue weighted by molar-refractivity contribution is -0.178. The van der Waals surface area contributed by atoms with Crippen molar-refractivity contribution < 1.29 is 28.6 Å². The van der Waals surface area contributed by atoms with Gasteiger partial charge < -0.3 is 14.2 Å². The van der Waals surface area contributed by atoms with Gasteiger partial charge in [0.1, 0.15) is 6.61 Å². The zero-order chi connectivity index (χ0) is 37.3. The van der Waals surface area contributed by atoms with Crippen LogP contribution < -0.4 is 0 Å². The second-order valence-corrected chi connectivity index (χ2v) is 25.7. The van der Waals surface area contributed by atoms with Gasteiger partial charge in [0, 0.05) is 26.2 Å². The molecular weight excluding hydrogens is 653 g/mol. The topological polar surface area (TPSA) is 78.9 Å². The van der Waals surface area contributed by atoms with Crippen LogP contribution in [0.4, 0.5) is 0 Å². The summed E-state index contributed by atoms with van der Waals surface area (Å²) < 4.78 is 17.4. The van der Waals surface area contributed by atoms with E-state index in [1.165, 1.54) is 5.57 Å². The number of allylic oxidation sites excluding steroid dienone is 3. The number of ketones is 1. The highest BCUT2D eigenvalue weighted by Gasteiger charge is 2.70. The molecule has 280 valence electrons. The monoisotopic (exact) mass is 716 g/mol. The molecule has 3 saturated carbocycles. The molecule has 0 radical (unpaired) electrons. The van der Waals surface area contributed by atoms with Crippen molar-refractivity contribution in [2.24, 2.45) is 50.2 Å². The van der Waals surface area contributed by atoms with Gasteiger partial charge in [-0.3, -0.25) is 9.59 Å². The van der Waals surface area contributed by atoms with Crippen LogP contribution in [0.5, 0.6) is 0 Å². The van der Waals surface area contributed by atoms with Gasteiger partial charge >= 0.3 is 11.9 Å². The number of hydrogen-bond donors (Lipinski definition) is 0. The minimum atomic E-state index is -1.22. The van der Waals surface area contributed by atoms with E-state index in [2.05, 4.69) is 80.3 Å². The van der Waals surface area contributed by atoms with Crippen molar-refractivity contribution >= 4 is 25.8 Å². The SMILES string of the molecule is CC1(C)C(C(=O)OCOCC[Si](C)(C)C)=CC[C@]2(C)[C@H]3C(=O)C=C4[C@@H]5C[C@@](C)(C(=O)OCc6ccccc6)CC[C@]5(C)CC[C@@]4(C)[C@]3(C)CC[C@@H]12. The lowest BCUT2D eigenvalue weighted by atomic mass is 9.33. The van der Waals surface area contributed by atoms with E-state index in [4.69, 9.17) is 14.2 Å². The predicted molar refractivity (Wildman–Crippen MR) is 204 cm³/mol. The second kappa shape index (κ2) is 13.1. The van der Waals surface area contributed by atoms with E-state index in [0.29, 0.717) is 13.0 Å². The third-order valence-electron chi connectivity index (χ3n) is 15.3. The molecule has 5 aliphatic carbocycles. The fourth-order valence-corrected chi connectivity index (χ4v) is 12.6. The van der Waals surface area contributed by atoms with Gasteiger partial charge in [0.2, 0.25) is 0 Å². The van der Waals surface area contributed by atoms with Crippen LogP contribution in [0.2, 0.25) is 25.7 Å². The van der Waals surface area contributed by atoms with Crippen LogP contribution >= 0.6 is 0 Å². The lowest BCUT2D eigenvalue weighted by Gasteiger charge is -2.69. The summed E-state index contributed by atoms with van der Waals surface area (Å²) in [5, 5.41) is 0. The summed E-state index contributed by atoms with van der Waals surface area (Å²) in [6.07, 6.45) is 11.3. The molecule has 0 saturated heterocycles. The fraction of sp³-hybridized carbons (Fsp3) is 0.705. The Balaban J connectivity index is 1.25. The first-order valence-electron chi connectivity index (χ1n) is 19.6. The molecule has 0 spiro atoms. The normalized spacial score (nSPS) is 38.5. The maximum Gasteiger partial charge on any atom is 0.336 e. The molecular formula is C44H64O6Si. The van der Waals surface area contributed by atoms with Crippen molar-refractivity contribution in [2.75, 3.05) is 13.4 Å². The molecule has 7 heteroatoms. The first-order chi connectivity index (χ1) is 23.7. The van der Waals surface area contributed by atoms with Gasteiger partial charge in [-0.2, -0.15) is 0 Å². The Morgan fingerprint density at radius 1 is 0.882 bits per heavy atom. The van der Waals surface area contributed by atoms with Crippen molar-refractivity contribution in [1.82, 2.24) is 0 Å². The van der Waals surface area contributed by atoms with Crippen LogP contribution in [0.1, 0.15) is 105 Å². The van der Waals surface area contributed by atoms with E-state index in [9.17, 15) is 14.4 Å². The lowest BCUT2D eigenvalue weighted by Crippen LogP contribution is -2.65. The molecule has 51 heavy (non-hydrogen) atoms. The molecule has 1 aromatic carbocycles. The Morgan fingerprint density at radius 3 is 2.25 bits per heavy atom. The number of ether oxygens (including phenoxy) is 3. The number of fused-ring (bicyclic) bond motifs is 7. The number of esters is 2. The number of benzene rings is 1. The Bertz CT molecular complexity index is 1600. The van der Waals surface area contributed by atoms with E-state index in [-0.39, 0.29) is 70.5 Å². The van der Waals surface area contributed by atoms with E-state index >= 15 is 0 Å². The molecule has 5 aliphatic rings. The van der Waals surface area contributed by atoms with E-state index in [0.717, 1.165) is 62.1 Å². The Hall–Kier alpha value is -2.51. The average molecular weight is 717 g/mol. The summed E-state index contributed by atoms with van der Waals surface area (Å²) in [6.45, 7) is 23.8. The van der Waals surface area contributed by atoms with Crippen LogP contribution in [-0.4, -0.2) is 39.2 Å². The van der Waals surface area contributed by atoms with Crippen LogP contribution in [0.15, 0.2) is 53.6 Å².